The van der Waals surface area contributed by atoms with E-state index in [1.165, 1.54) is 6.33 Å². The first kappa shape index (κ1) is 12.5. The van der Waals surface area contributed by atoms with Crippen molar-refractivity contribution >= 4 is 45.1 Å². The molecule has 16 heavy (non-hydrogen) atoms. The molecule has 0 radical (unpaired) electrons. The maximum Gasteiger partial charge on any atom is 0.148 e. The third-order valence-corrected chi connectivity index (χ3v) is 5.00. The molecule has 0 spiro atoms. The van der Waals surface area contributed by atoms with Gasteiger partial charge in [0.2, 0.25) is 0 Å². The number of aromatic nitrogens is 2. The van der Waals surface area contributed by atoms with Crippen molar-refractivity contribution in [2.75, 3.05) is 23.7 Å². The maximum atomic E-state index is 5.97. The van der Waals surface area contributed by atoms with Crippen LogP contribution >= 0.6 is 39.3 Å². The normalized spacial score (nSPS) is 19.9. The topological polar surface area (TPSA) is 29.0 Å². The molecule has 0 amide bonds. The van der Waals surface area contributed by atoms with Gasteiger partial charge in [-0.05, 0) is 29.8 Å². The van der Waals surface area contributed by atoms with E-state index in [2.05, 4.69) is 44.6 Å². The summed E-state index contributed by atoms with van der Waals surface area (Å²) in [7, 11) is 0. The molecule has 6 heteroatoms. The van der Waals surface area contributed by atoms with Crippen molar-refractivity contribution in [3.8, 4) is 0 Å². The van der Waals surface area contributed by atoms with Crippen LogP contribution in [0.2, 0.25) is 5.15 Å². The predicted molar refractivity (Wildman–Crippen MR) is 73.5 cm³/mol. The van der Waals surface area contributed by atoms with E-state index in [1.54, 1.807) is 0 Å². The zero-order valence-electron chi connectivity index (χ0n) is 9.20. The molecule has 0 aliphatic carbocycles. The molecule has 0 unspecified atom stereocenters. The van der Waals surface area contributed by atoms with Crippen molar-refractivity contribution in [2.24, 2.45) is 0 Å². The number of hydrogen-bond donors (Lipinski definition) is 0. The Morgan fingerprint density at radius 1 is 1.50 bits per heavy atom. The Bertz CT molecular complexity index is 400. The monoisotopic (exact) mass is 321 g/mol. The van der Waals surface area contributed by atoms with Crippen LogP contribution in [-0.4, -0.2) is 33.6 Å². The quantitative estimate of drug-likeness (QED) is 0.742. The first-order valence-electron chi connectivity index (χ1n) is 5.04. The summed E-state index contributed by atoms with van der Waals surface area (Å²) in [6.07, 6.45) is 1.51. The molecule has 0 saturated carbocycles. The Morgan fingerprint density at radius 2 is 2.25 bits per heavy atom. The van der Waals surface area contributed by atoms with Gasteiger partial charge in [-0.3, -0.25) is 0 Å². The fraction of sp³-hybridized carbons (Fsp3) is 0.600. The summed E-state index contributed by atoms with van der Waals surface area (Å²) in [5.41, 5.74) is 0. The summed E-state index contributed by atoms with van der Waals surface area (Å²) in [4.78, 5) is 10.5. The predicted octanol–water partition coefficient (Wildman–Crippen LogP) is 3.22. The van der Waals surface area contributed by atoms with Crippen LogP contribution in [0.25, 0.3) is 0 Å². The highest BCUT2D eigenvalue weighted by Gasteiger charge is 2.29. The SMILES string of the molecule is CC1(C)CN(c2ncnc(Cl)c2Br)CCS1. The van der Waals surface area contributed by atoms with Crippen molar-refractivity contribution in [1.82, 2.24) is 9.97 Å². The summed E-state index contributed by atoms with van der Waals surface area (Å²) in [6, 6.07) is 0. The zero-order chi connectivity index (χ0) is 11.8. The van der Waals surface area contributed by atoms with Crippen LogP contribution in [0.15, 0.2) is 10.8 Å². The smallest absolute Gasteiger partial charge is 0.148 e. The Kier molecular flexibility index (Phi) is 3.66. The van der Waals surface area contributed by atoms with Crippen LogP contribution in [0.1, 0.15) is 13.8 Å². The van der Waals surface area contributed by atoms with E-state index in [0.717, 1.165) is 29.1 Å². The van der Waals surface area contributed by atoms with E-state index in [0.29, 0.717) is 5.15 Å². The van der Waals surface area contributed by atoms with E-state index in [9.17, 15) is 0 Å². The van der Waals surface area contributed by atoms with Gasteiger partial charge >= 0.3 is 0 Å². The van der Waals surface area contributed by atoms with Crippen molar-refractivity contribution in [3.63, 3.8) is 0 Å². The van der Waals surface area contributed by atoms with Gasteiger partial charge in [-0.2, -0.15) is 11.8 Å². The standard InChI is InChI=1S/C10H13BrClN3S/c1-10(2)5-15(3-4-16-10)9-7(11)8(12)13-6-14-9/h6H,3-5H2,1-2H3. The number of anilines is 1. The van der Waals surface area contributed by atoms with Gasteiger partial charge in [0.1, 0.15) is 17.3 Å². The van der Waals surface area contributed by atoms with E-state index < -0.39 is 0 Å². The van der Waals surface area contributed by atoms with Crippen molar-refractivity contribution in [3.05, 3.63) is 16.0 Å². The van der Waals surface area contributed by atoms with Gasteiger partial charge < -0.3 is 4.90 Å². The van der Waals surface area contributed by atoms with Crippen LogP contribution in [0, 0.1) is 0 Å². The molecule has 1 fully saturated rings. The summed E-state index contributed by atoms with van der Waals surface area (Å²) in [5.74, 6) is 2.01. The van der Waals surface area contributed by atoms with Crippen LogP contribution in [0.3, 0.4) is 0 Å². The Morgan fingerprint density at radius 3 is 2.94 bits per heavy atom. The lowest BCUT2D eigenvalue weighted by atomic mass is 10.2. The van der Waals surface area contributed by atoms with Crippen molar-refractivity contribution in [2.45, 2.75) is 18.6 Å². The second-order valence-corrected chi connectivity index (χ2v) is 7.28. The van der Waals surface area contributed by atoms with E-state index in [-0.39, 0.29) is 4.75 Å². The highest BCUT2D eigenvalue weighted by atomic mass is 79.9. The fourth-order valence-electron chi connectivity index (χ4n) is 1.76. The molecule has 2 rings (SSSR count). The molecule has 1 aliphatic heterocycles. The van der Waals surface area contributed by atoms with Crippen LogP contribution in [0.5, 0.6) is 0 Å². The third-order valence-electron chi connectivity index (χ3n) is 2.45. The van der Waals surface area contributed by atoms with Gasteiger partial charge in [0.25, 0.3) is 0 Å². The molecule has 0 N–H and O–H groups in total. The molecular formula is C10H13BrClN3S. The molecule has 88 valence electrons. The lowest BCUT2D eigenvalue weighted by Crippen LogP contribution is -2.43. The molecule has 1 saturated heterocycles. The largest absolute Gasteiger partial charge is 0.353 e. The molecule has 1 aromatic heterocycles. The van der Waals surface area contributed by atoms with E-state index in [1.807, 2.05) is 11.8 Å². The number of hydrogen-bond acceptors (Lipinski definition) is 4. The molecule has 0 bridgehead atoms. The van der Waals surface area contributed by atoms with Crippen LogP contribution < -0.4 is 4.90 Å². The minimum Gasteiger partial charge on any atom is -0.353 e. The van der Waals surface area contributed by atoms with Crippen molar-refractivity contribution < 1.29 is 0 Å². The molecule has 1 aliphatic rings. The second-order valence-electron chi connectivity index (χ2n) is 4.33. The van der Waals surface area contributed by atoms with Gasteiger partial charge in [-0.15, -0.1) is 0 Å². The fourth-order valence-corrected chi connectivity index (χ4v) is 3.45. The summed E-state index contributed by atoms with van der Waals surface area (Å²) in [6.45, 7) is 6.48. The summed E-state index contributed by atoms with van der Waals surface area (Å²) < 4.78 is 1.05. The van der Waals surface area contributed by atoms with Gasteiger partial charge in [0.05, 0.1) is 4.47 Å². The summed E-state index contributed by atoms with van der Waals surface area (Å²) in [5, 5.41) is 0.473. The minimum absolute atomic E-state index is 0.259. The number of nitrogens with zero attached hydrogens (tertiary/aromatic N) is 3. The Balaban J connectivity index is 2.27. The van der Waals surface area contributed by atoms with Crippen molar-refractivity contribution in [1.29, 1.82) is 0 Å². The molecule has 3 nitrogen and oxygen atoms in total. The van der Waals surface area contributed by atoms with Gasteiger partial charge in [-0.1, -0.05) is 11.6 Å². The van der Waals surface area contributed by atoms with Gasteiger partial charge in [0, 0.05) is 23.6 Å². The first-order valence-corrected chi connectivity index (χ1v) is 7.20. The molecular weight excluding hydrogens is 310 g/mol. The molecule has 1 aromatic rings. The maximum absolute atomic E-state index is 5.97. The van der Waals surface area contributed by atoms with Crippen LogP contribution in [-0.2, 0) is 0 Å². The summed E-state index contributed by atoms with van der Waals surface area (Å²) >= 11 is 11.4. The number of thioether (sulfide) groups is 1. The third kappa shape index (κ3) is 2.63. The van der Waals surface area contributed by atoms with Gasteiger partial charge in [0.15, 0.2) is 0 Å². The second kappa shape index (κ2) is 4.70. The number of rotatable bonds is 1. The van der Waals surface area contributed by atoms with E-state index >= 15 is 0 Å². The highest BCUT2D eigenvalue weighted by molar-refractivity contribution is 9.10. The lowest BCUT2D eigenvalue weighted by Gasteiger charge is -2.38. The Labute approximate surface area is 113 Å². The number of halogens is 2. The molecule has 0 aromatic carbocycles. The average molecular weight is 323 g/mol. The Hall–Kier alpha value is -0.000000000000000222. The van der Waals surface area contributed by atoms with E-state index in [4.69, 9.17) is 11.6 Å². The highest BCUT2D eigenvalue weighted by Crippen LogP contribution is 2.35. The minimum atomic E-state index is 0.259. The van der Waals surface area contributed by atoms with Crippen LogP contribution in [0.4, 0.5) is 5.82 Å². The zero-order valence-corrected chi connectivity index (χ0v) is 12.4. The molecule has 2 heterocycles. The first-order chi connectivity index (χ1) is 7.49. The lowest BCUT2D eigenvalue weighted by molar-refractivity contribution is 0.640. The average Bonchev–Trinajstić information content (AvgIpc) is 2.20. The van der Waals surface area contributed by atoms with Gasteiger partial charge in [-0.25, -0.2) is 9.97 Å². The molecule has 0 atom stereocenters.